The largest absolute Gasteiger partial charge is 0.391 e. The van der Waals surface area contributed by atoms with Gasteiger partial charge in [-0.15, -0.1) is 0 Å². The van der Waals surface area contributed by atoms with Crippen molar-refractivity contribution in [3.8, 4) is 6.07 Å². The van der Waals surface area contributed by atoms with Crippen LogP contribution in [0.2, 0.25) is 0 Å². The summed E-state index contributed by atoms with van der Waals surface area (Å²) < 4.78 is 2.32. The van der Waals surface area contributed by atoms with Crippen LogP contribution in [0.25, 0.3) is 0 Å². The van der Waals surface area contributed by atoms with Crippen LogP contribution in [0.15, 0.2) is 9.59 Å². The van der Waals surface area contributed by atoms with Crippen molar-refractivity contribution < 1.29 is 5.11 Å². The number of hydrogen-bond acceptors (Lipinski definition) is 6. The van der Waals surface area contributed by atoms with E-state index in [9.17, 15) is 20.0 Å². The Morgan fingerprint density at radius 1 is 1.12 bits per heavy atom. The first-order valence-electron chi connectivity index (χ1n) is 8.43. The van der Waals surface area contributed by atoms with Gasteiger partial charge in [0, 0.05) is 46.8 Å². The summed E-state index contributed by atoms with van der Waals surface area (Å²) >= 11 is 0. The van der Waals surface area contributed by atoms with Crippen LogP contribution in [-0.2, 0) is 14.1 Å². The van der Waals surface area contributed by atoms with Crippen molar-refractivity contribution in [2.45, 2.75) is 26.9 Å². The summed E-state index contributed by atoms with van der Waals surface area (Å²) in [7, 11) is 2.95. The summed E-state index contributed by atoms with van der Waals surface area (Å²) in [6.45, 7) is 9.16. The first kappa shape index (κ1) is 19.2. The quantitative estimate of drug-likeness (QED) is 0.789. The summed E-state index contributed by atoms with van der Waals surface area (Å²) in [4.78, 5) is 28.5. The third-order valence-electron chi connectivity index (χ3n) is 4.85. The van der Waals surface area contributed by atoms with Crippen molar-refractivity contribution in [2.24, 2.45) is 19.5 Å². The van der Waals surface area contributed by atoms with E-state index >= 15 is 0 Å². The average Bonchev–Trinajstić information content (AvgIpc) is 2.56. The van der Waals surface area contributed by atoms with E-state index in [4.69, 9.17) is 0 Å². The number of aliphatic hydroxyl groups is 1. The van der Waals surface area contributed by atoms with Crippen LogP contribution in [-0.4, -0.2) is 58.0 Å². The standard InChI is InChI=1S/C17H27N5O3/c1-17(2,3)13(23)11-21-6-8-22(9-7-21)14-12(10-18)15(24)20(5)16(25)19(14)4/h13,23H,6-9,11H2,1-5H3/t13-/m0/s1. The fourth-order valence-electron chi connectivity index (χ4n) is 2.96. The Morgan fingerprint density at radius 2 is 1.68 bits per heavy atom. The Labute approximate surface area is 147 Å². The lowest BCUT2D eigenvalue weighted by molar-refractivity contribution is 0.0269. The zero-order chi connectivity index (χ0) is 18.9. The summed E-state index contributed by atoms with van der Waals surface area (Å²) in [6, 6.07) is 1.95. The lowest BCUT2D eigenvalue weighted by Gasteiger charge is -2.39. The molecule has 2 heterocycles. The van der Waals surface area contributed by atoms with E-state index in [1.165, 1.54) is 11.6 Å². The maximum atomic E-state index is 12.2. The molecule has 1 N–H and O–H groups in total. The molecule has 1 fully saturated rings. The monoisotopic (exact) mass is 349 g/mol. The van der Waals surface area contributed by atoms with Gasteiger partial charge in [0.2, 0.25) is 0 Å². The summed E-state index contributed by atoms with van der Waals surface area (Å²) in [5, 5.41) is 19.6. The lowest BCUT2D eigenvalue weighted by Crippen LogP contribution is -2.52. The molecule has 0 radical (unpaired) electrons. The highest BCUT2D eigenvalue weighted by Gasteiger charge is 2.28. The smallest absolute Gasteiger partial charge is 0.332 e. The van der Waals surface area contributed by atoms with Gasteiger partial charge in [0.25, 0.3) is 5.56 Å². The molecule has 0 spiro atoms. The highest BCUT2D eigenvalue weighted by molar-refractivity contribution is 5.53. The van der Waals surface area contributed by atoms with Gasteiger partial charge < -0.3 is 10.0 Å². The van der Waals surface area contributed by atoms with E-state index in [-0.39, 0.29) is 11.0 Å². The van der Waals surface area contributed by atoms with Gasteiger partial charge in [0.15, 0.2) is 5.56 Å². The molecule has 2 rings (SSSR count). The summed E-state index contributed by atoms with van der Waals surface area (Å²) in [5.41, 5.74) is -1.19. The number of aliphatic hydroxyl groups excluding tert-OH is 1. The molecule has 1 saturated heterocycles. The van der Waals surface area contributed by atoms with Crippen molar-refractivity contribution in [1.82, 2.24) is 14.0 Å². The third kappa shape index (κ3) is 3.78. The summed E-state index contributed by atoms with van der Waals surface area (Å²) in [6.07, 6.45) is -0.429. The highest BCUT2D eigenvalue weighted by Crippen LogP contribution is 2.21. The molecule has 1 atom stereocenters. The molecule has 0 unspecified atom stereocenters. The van der Waals surface area contributed by atoms with Gasteiger partial charge in [0.05, 0.1) is 6.10 Å². The fraction of sp³-hybridized carbons (Fsp3) is 0.706. The Bertz CT molecular complexity index is 789. The molecule has 25 heavy (non-hydrogen) atoms. The van der Waals surface area contributed by atoms with E-state index in [2.05, 4.69) is 4.90 Å². The molecule has 0 aromatic carbocycles. The van der Waals surface area contributed by atoms with Gasteiger partial charge in [0.1, 0.15) is 11.9 Å². The molecule has 8 nitrogen and oxygen atoms in total. The molecule has 0 bridgehead atoms. The molecule has 1 aliphatic heterocycles. The van der Waals surface area contributed by atoms with Crippen LogP contribution in [0.1, 0.15) is 26.3 Å². The predicted molar refractivity (Wildman–Crippen MR) is 95.8 cm³/mol. The van der Waals surface area contributed by atoms with Gasteiger partial charge >= 0.3 is 5.69 Å². The molecule has 1 aromatic heterocycles. The first-order chi connectivity index (χ1) is 11.6. The molecule has 1 aliphatic rings. The molecule has 0 saturated carbocycles. The van der Waals surface area contributed by atoms with Crippen LogP contribution >= 0.6 is 0 Å². The normalized spacial score (nSPS) is 17.4. The maximum Gasteiger partial charge on any atom is 0.332 e. The number of anilines is 1. The number of hydrogen-bond donors (Lipinski definition) is 1. The number of nitriles is 1. The second kappa shape index (κ2) is 7.02. The number of aromatic nitrogens is 2. The minimum atomic E-state index is -0.564. The van der Waals surface area contributed by atoms with E-state index in [1.807, 2.05) is 31.7 Å². The zero-order valence-electron chi connectivity index (χ0n) is 15.6. The SMILES string of the molecule is Cn1c(N2CCN(C[C@H](O)C(C)(C)C)CC2)c(C#N)c(=O)n(C)c1=O. The summed E-state index contributed by atoms with van der Waals surface area (Å²) in [5.74, 6) is 0.381. The van der Waals surface area contributed by atoms with Crippen molar-refractivity contribution in [3.05, 3.63) is 26.4 Å². The first-order valence-corrected chi connectivity index (χ1v) is 8.43. The molecular formula is C17H27N5O3. The Kier molecular flexibility index (Phi) is 5.40. The van der Waals surface area contributed by atoms with Crippen LogP contribution < -0.4 is 16.1 Å². The average molecular weight is 349 g/mol. The molecule has 138 valence electrons. The van der Waals surface area contributed by atoms with Gasteiger partial charge in [-0.3, -0.25) is 18.8 Å². The van der Waals surface area contributed by atoms with Gasteiger partial charge in [-0.1, -0.05) is 20.8 Å². The second-order valence-electron chi connectivity index (χ2n) is 7.69. The van der Waals surface area contributed by atoms with Crippen molar-refractivity contribution in [3.63, 3.8) is 0 Å². The number of piperazine rings is 1. The Hall–Kier alpha value is -2.11. The molecule has 1 aromatic rings. The van der Waals surface area contributed by atoms with Crippen LogP contribution in [0.3, 0.4) is 0 Å². The third-order valence-corrected chi connectivity index (χ3v) is 4.85. The Morgan fingerprint density at radius 3 is 2.16 bits per heavy atom. The zero-order valence-corrected chi connectivity index (χ0v) is 15.6. The van der Waals surface area contributed by atoms with E-state index in [1.54, 1.807) is 7.05 Å². The van der Waals surface area contributed by atoms with Crippen molar-refractivity contribution in [1.29, 1.82) is 5.26 Å². The number of β-amino-alcohol motifs (C(OH)–C–C–N with tert-alkyl or cyclic N) is 1. The number of nitrogens with zero attached hydrogens (tertiary/aromatic N) is 5. The molecular weight excluding hydrogens is 322 g/mol. The lowest BCUT2D eigenvalue weighted by atomic mass is 9.89. The maximum absolute atomic E-state index is 12.2. The second-order valence-corrected chi connectivity index (χ2v) is 7.69. The topological polar surface area (TPSA) is 94.5 Å². The Balaban J connectivity index is 2.21. The minimum absolute atomic E-state index is 0.00669. The molecule has 0 aliphatic carbocycles. The van der Waals surface area contributed by atoms with E-state index < -0.39 is 17.4 Å². The van der Waals surface area contributed by atoms with Crippen molar-refractivity contribution in [2.75, 3.05) is 37.6 Å². The van der Waals surface area contributed by atoms with E-state index in [0.717, 1.165) is 4.57 Å². The fourth-order valence-corrected chi connectivity index (χ4v) is 2.96. The van der Waals surface area contributed by atoms with Crippen LogP contribution in [0.5, 0.6) is 0 Å². The van der Waals surface area contributed by atoms with Gasteiger partial charge in [-0.05, 0) is 5.41 Å². The van der Waals surface area contributed by atoms with Gasteiger partial charge in [-0.25, -0.2) is 4.79 Å². The van der Waals surface area contributed by atoms with Crippen LogP contribution in [0.4, 0.5) is 5.82 Å². The molecule has 0 amide bonds. The van der Waals surface area contributed by atoms with Gasteiger partial charge in [-0.2, -0.15) is 5.26 Å². The van der Waals surface area contributed by atoms with Crippen molar-refractivity contribution >= 4 is 5.82 Å². The van der Waals surface area contributed by atoms with E-state index in [0.29, 0.717) is 38.5 Å². The molecule has 8 heteroatoms. The predicted octanol–water partition coefficient (Wildman–Crippen LogP) is -0.515. The van der Waals surface area contributed by atoms with Crippen LogP contribution in [0, 0.1) is 16.7 Å². The minimum Gasteiger partial charge on any atom is -0.391 e. The highest BCUT2D eigenvalue weighted by atomic mass is 16.3. The number of rotatable bonds is 3.